The lowest BCUT2D eigenvalue weighted by Gasteiger charge is -2.32. The summed E-state index contributed by atoms with van der Waals surface area (Å²) < 4.78 is 30.5. The highest BCUT2D eigenvalue weighted by molar-refractivity contribution is 7.98. The molecule has 1 aromatic heterocycles. The SMILES string of the molecule is CC(C(N)=O)C(F)(F)C(NC1(C#N)CC1)c1sccc1SCc1ccccc1. The van der Waals surface area contributed by atoms with Crippen LogP contribution in [-0.2, 0) is 10.5 Å². The maximum absolute atomic E-state index is 15.3. The van der Waals surface area contributed by atoms with Gasteiger partial charge < -0.3 is 5.73 Å². The number of halogens is 2. The van der Waals surface area contributed by atoms with Crippen molar-refractivity contribution >= 4 is 29.0 Å². The van der Waals surface area contributed by atoms with Gasteiger partial charge in [-0.1, -0.05) is 30.3 Å². The highest BCUT2D eigenvalue weighted by atomic mass is 32.2. The number of hydrogen-bond acceptors (Lipinski definition) is 5. The molecule has 4 nitrogen and oxygen atoms in total. The average molecular weight is 422 g/mol. The fraction of sp³-hybridized carbons (Fsp3) is 0.400. The Morgan fingerprint density at radius 1 is 1.39 bits per heavy atom. The maximum atomic E-state index is 15.3. The molecule has 148 valence electrons. The second-order valence-electron chi connectivity index (χ2n) is 6.99. The number of benzene rings is 1. The number of hydrogen-bond donors (Lipinski definition) is 2. The number of amides is 1. The fourth-order valence-corrected chi connectivity index (χ4v) is 5.07. The molecular formula is C20H21F2N3OS2. The molecule has 0 aliphatic heterocycles. The summed E-state index contributed by atoms with van der Waals surface area (Å²) >= 11 is 2.67. The van der Waals surface area contributed by atoms with Crippen LogP contribution < -0.4 is 11.1 Å². The predicted octanol–water partition coefficient (Wildman–Crippen LogP) is 4.48. The van der Waals surface area contributed by atoms with Crippen LogP contribution in [0.15, 0.2) is 46.7 Å². The number of thiophene rings is 1. The molecular weight excluding hydrogens is 400 g/mol. The van der Waals surface area contributed by atoms with Crippen LogP contribution in [-0.4, -0.2) is 17.4 Å². The summed E-state index contributed by atoms with van der Waals surface area (Å²) in [5.74, 6) is -5.51. The van der Waals surface area contributed by atoms with Crippen molar-refractivity contribution in [1.82, 2.24) is 5.32 Å². The van der Waals surface area contributed by atoms with Crippen molar-refractivity contribution in [1.29, 1.82) is 5.26 Å². The van der Waals surface area contributed by atoms with Crippen molar-refractivity contribution in [2.75, 3.05) is 0 Å². The van der Waals surface area contributed by atoms with Gasteiger partial charge in [0.25, 0.3) is 5.92 Å². The number of nitrogens with zero attached hydrogens (tertiary/aromatic N) is 1. The third-order valence-corrected chi connectivity index (χ3v) is 7.19. The summed E-state index contributed by atoms with van der Waals surface area (Å²) in [6, 6.07) is 12.2. The molecule has 2 unspecified atom stereocenters. The van der Waals surface area contributed by atoms with Crippen LogP contribution in [0.4, 0.5) is 8.78 Å². The smallest absolute Gasteiger partial charge is 0.279 e. The molecule has 3 rings (SSSR count). The van der Waals surface area contributed by atoms with E-state index >= 15 is 8.78 Å². The number of thioether (sulfide) groups is 1. The molecule has 1 aliphatic rings. The van der Waals surface area contributed by atoms with Crippen LogP contribution in [0.3, 0.4) is 0 Å². The van der Waals surface area contributed by atoms with E-state index in [1.54, 1.807) is 11.4 Å². The molecule has 1 saturated carbocycles. The lowest BCUT2D eigenvalue weighted by molar-refractivity contribution is -0.140. The lowest BCUT2D eigenvalue weighted by atomic mass is 9.94. The molecule has 1 amide bonds. The number of nitriles is 1. The number of nitrogens with one attached hydrogen (secondary N) is 1. The van der Waals surface area contributed by atoms with Crippen LogP contribution in [0.25, 0.3) is 0 Å². The summed E-state index contributed by atoms with van der Waals surface area (Å²) in [7, 11) is 0. The van der Waals surface area contributed by atoms with Crippen LogP contribution in [0.5, 0.6) is 0 Å². The molecule has 1 fully saturated rings. The standard InChI is InChI=1S/C20H21F2N3OS2/c1-13(18(24)26)20(21,22)17(25-19(12-23)8-9-19)16-15(7-10-27-16)28-11-14-5-3-2-4-6-14/h2-7,10,13,17,25H,8-9,11H2,1H3,(H2,24,26). The predicted molar refractivity (Wildman–Crippen MR) is 107 cm³/mol. The van der Waals surface area contributed by atoms with Crippen LogP contribution in [0, 0.1) is 17.2 Å². The van der Waals surface area contributed by atoms with Gasteiger partial charge in [0.15, 0.2) is 0 Å². The first-order valence-electron chi connectivity index (χ1n) is 8.89. The summed E-state index contributed by atoms with van der Waals surface area (Å²) in [6.07, 6.45) is 1.03. The van der Waals surface area contributed by atoms with Crippen molar-refractivity contribution in [3.63, 3.8) is 0 Å². The molecule has 0 saturated heterocycles. The summed E-state index contributed by atoms with van der Waals surface area (Å²) in [4.78, 5) is 12.7. The lowest BCUT2D eigenvalue weighted by Crippen LogP contribution is -2.49. The third-order valence-electron chi connectivity index (χ3n) is 4.93. The normalized spacial score (nSPS) is 17.5. The van der Waals surface area contributed by atoms with Crippen LogP contribution in [0.2, 0.25) is 0 Å². The molecule has 2 atom stereocenters. The summed E-state index contributed by atoms with van der Waals surface area (Å²) in [5, 5.41) is 14.0. The number of carbonyl (C=O) groups excluding carboxylic acids is 1. The van der Waals surface area contributed by atoms with Gasteiger partial charge >= 0.3 is 0 Å². The first-order chi connectivity index (χ1) is 13.3. The molecule has 1 heterocycles. The average Bonchev–Trinajstić information content (AvgIpc) is 3.32. The van der Waals surface area contributed by atoms with E-state index in [0.717, 1.165) is 17.4 Å². The Morgan fingerprint density at radius 2 is 2.07 bits per heavy atom. The molecule has 1 aromatic carbocycles. The summed E-state index contributed by atoms with van der Waals surface area (Å²) in [5.41, 5.74) is 5.31. The van der Waals surface area contributed by atoms with Crippen molar-refractivity contribution in [3.8, 4) is 6.07 Å². The first-order valence-corrected chi connectivity index (χ1v) is 10.8. The Kier molecular flexibility index (Phi) is 6.08. The van der Waals surface area contributed by atoms with Crippen molar-refractivity contribution in [2.24, 2.45) is 11.7 Å². The first kappa shape index (κ1) is 20.8. The second kappa shape index (κ2) is 8.19. The highest BCUT2D eigenvalue weighted by Gasteiger charge is 2.55. The topological polar surface area (TPSA) is 78.9 Å². The number of rotatable bonds is 9. The Labute approximate surface area is 171 Å². The molecule has 28 heavy (non-hydrogen) atoms. The molecule has 0 spiro atoms. The van der Waals surface area contributed by atoms with Gasteiger partial charge in [-0.3, -0.25) is 10.1 Å². The van der Waals surface area contributed by atoms with E-state index in [1.165, 1.54) is 23.1 Å². The van der Waals surface area contributed by atoms with Crippen LogP contribution >= 0.6 is 23.1 Å². The van der Waals surface area contributed by atoms with E-state index in [4.69, 9.17) is 5.73 Å². The van der Waals surface area contributed by atoms with Crippen molar-refractivity contribution in [3.05, 3.63) is 52.2 Å². The van der Waals surface area contributed by atoms with E-state index in [9.17, 15) is 10.1 Å². The van der Waals surface area contributed by atoms with E-state index < -0.39 is 29.3 Å². The number of alkyl halides is 2. The quantitative estimate of drug-likeness (QED) is 0.585. The monoisotopic (exact) mass is 421 g/mol. The van der Waals surface area contributed by atoms with Gasteiger partial charge in [-0.25, -0.2) is 8.78 Å². The minimum absolute atomic E-state index is 0.431. The molecule has 0 radical (unpaired) electrons. The minimum atomic E-state index is -3.43. The molecule has 1 aliphatic carbocycles. The second-order valence-corrected chi connectivity index (χ2v) is 8.96. The molecule has 0 bridgehead atoms. The van der Waals surface area contributed by atoms with Crippen molar-refractivity contribution < 1.29 is 13.6 Å². The fourth-order valence-electron chi connectivity index (χ4n) is 2.84. The number of primary amides is 1. The van der Waals surface area contributed by atoms with Gasteiger partial charge in [-0.05, 0) is 36.8 Å². The zero-order valence-electron chi connectivity index (χ0n) is 15.3. The molecule has 2 aromatic rings. The van der Waals surface area contributed by atoms with E-state index in [-0.39, 0.29) is 0 Å². The zero-order valence-corrected chi connectivity index (χ0v) is 17.0. The molecule has 3 N–H and O–H groups in total. The maximum Gasteiger partial charge on any atom is 0.279 e. The molecule has 8 heteroatoms. The van der Waals surface area contributed by atoms with E-state index in [1.807, 2.05) is 30.3 Å². The Hall–Kier alpha value is -1.95. The van der Waals surface area contributed by atoms with Gasteiger partial charge in [0.05, 0.1) is 6.07 Å². The zero-order chi connectivity index (χ0) is 20.4. The largest absolute Gasteiger partial charge is 0.369 e. The minimum Gasteiger partial charge on any atom is -0.369 e. The van der Waals surface area contributed by atoms with Gasteiger partial charge in [-0.2, -0.15) is 5.26 Å². The van der Waals surface area contributed by atoms with E-state index in [0.29, 0.717) is 23.5 Å². The van der Waals surface area contributed by atoms with Gasteiger partial charge in [0.2, 0.25) is 5.91 Å². The number of nitrogens with two attached hydrogens (primary N) is 1. The van der Waals surface area contributed by atoms with Gasteiger partial charge in [-0.15, -0.1) is 23.1 Å². The Morgan fingerprint density at radius 3 is 2.64 bits per heavy atom. The highest BCUT2D eigenvalue weighted by Crippen LogP contribution is 2.47. The van der Waals surface area contributed by atoms with Crippen LogP contribution in [0.1, 0.15) is 36.2 Å². The van der Waals surface area contributed by atoms with Gasteiger partial charge in [0.1, 0.15) is 17.5 Å². The third kappa shape index (κ3) is 4.37. The summed E-state index contributed by atoms with van der Waals surface area (Å²) in [6.45, 7) is 1.13. The Balaban J connectivity index is 1.89. The Bertz CT molecular complexity index is 875. The number of carbonyl (C=O) groups is 1. The van der Waals surface area contributed by atoms with Gasteiger partial charge in [0, 0.05) is 15.5 Å². The van der Waals surface area contributed by atoms with E-state index in [2.05, 4.69) is 11.4 Å². The van der Waals surface area contributed by atoms with Crippen molar-refractivity contribution in [2.45, 2.75) is 47.9 Å².